The van der Waals surface area contributed by atoms with Crippen LogP contribution in [0.5, 0.6) is 0 Å². The Bertz CT molecular complexity index is 507. The van der Waals surface area contributed by atoms with Gasteiger partial charge in [-0.1, -0.05) is 23.7 Å². The highest BCUT2D eigenvalue weighted by atomic mass is 35.5. The fraction of sp³-hybridized carbons (Fsp3) is 0.429. The van der Waals surface area contributed by atoms with Gasteiger partial charge in [0.1, 0.15) is 5.60 Å². The summed E-state index contributed by atoms with van der Waals surface area (Å²) in [5.74, 6) is -2.24. The van der Waals surface area contributed by atoms with E-state index in [1.54, 1.807) is 20.8 Å². The standard InChI is InChI=1S/C14H18ClNO4/c1-13(2,3)20-12(19)14(8-16,11(17)18)9-4-6-10(15)7-5-9/h4-7H,8,16H2,1-3H3,(H,17,18)/t14-/m0/s1. The molecule has 110 valence electrons. The van der Waals surface area contributed by atoms with Gasteiger partial charge in [0, 0.05) is 11.6 Å². The molecule has 0 saturated carbocycles. The van der Waals surface area contributed by atoms with E-state index in [1.165, 1.54) is 24.3 Å². The SMILES string of the molecule is CC(C)(C)OC(=O)[C@](CN)(C(=O)O)c1ccc(Cl)cc1. The molecule has 0 aliphatic rings. The van der Waals surface area contributed by atoms with Crippen molar-refractivity contribution in [2.75, 3.05) is 6.54 Å². The Hall–Kier alpha value is -1.59. The van der Waals surface area contributed by atoms with Crippen LogP contribution in [0.15, 0.2) is 24.3 Å². The molecule has 0 unspecified atom stereocenters. The van der Waals surface area contributed by atoms with E-state index in [0.717, 1.165) is 0 Å². The molecule has 5 nitrogen and oxygen atoms in total. The average molecular weight is 300 g/mol. The number of hydrogen-bond acceptors (Lipinski definition) is 4. The summed E-state index contributed by atoms with van der Waals surface area (Å²) < 4.78 is 5.21. The van der Waals surface area contributed by atoms with Gasteiger partial charge >= 0.3 is 11.9 Å². The molecular weight excluding hydrogens is 282 g/mol. The smallest absolute Gasteiger partial charge is 0.329 e. The Balaban J connectivity index is 3.33. The molecule has 0 radical (unpaired) electrons. The highest BCUT2D eigenvalue weighted by Crippen LogP contribution is 2.28. The van der Waals surface area contributed by atoms with Gasteiger partial charge in [-0.2, -0.15) is 0 Å². The zero-order valence-electron chi connectivity index (χ0n) is 11.6. The number of carboxylic acid groups (broad SMARTS) is 1. The van der Waals surface area contributed by atoms with Crippen LogP contribution in [-0.4, -0.2) is 29.2 Å². The Labute approximate surface area is 122 Å². The van der Waals surface area contributed by atoms with Gasteiger partial charge in [-0.15, -0.1) is 0 Å². The summed E-state index contributed by atoms with van der Waals surface area (Å²) in [5, 5.41) is 9.94. The molecule has 0 aliphatic carbocycles. The summed E-state index contributed by atoms with van der Waals surface area (Å²) in [6.07, 6.45) is 0. The molecule has 20 heavy (non-hydrogen) atoms. The molecule has 1 aromatic carbocycles. The van der Waals surface area contributed by atoms with Crippen molar-refractivity contribution in [3.8, 4) is 0 Å². The second-order valence-electron chi connectivity index (χ2n) is 5.42. The number of aliphatic carboxylic acids is 1. The van der Waals surface area contributed by atoms with Crippen LogP contribution in [0.2, 0.25) is 5.02 Å². The maximum Gasteiger partial charge on any atom is 0.329 e. The van der Waals surface area contributed by atoms with Crippen molar-refractivity contribution in [1.82, 2.24) is 0 Å². The molecular formula is C14H18ClNO4. The largest absolute Gasteiger partial charge is 0.480 e. The van der Waals surface area contributed by atoms with Crippen molar-refractivity contribution < 1.29 is 19.4 Å². The fourth-order valence-electron chi connectivity index (χ4n) is 1.72. The summed E-state index contributed by atoms with van der Waals surface area (Å²) in [6, 6.07) is 5.95. The number of ether oxygens (including phenoxy) is 1. The summed E-state index contributed by atoms with van der Waals surface area (Å²) in [5.41, 5.74) is 3.09. The van der Waals surface area contributed by atoms with E-state index in [4.69, 9.17) is 22.1 Å². The van der Waals surface area contributed by atoms with E-state index >= 15 is 0 Å². The predicted octanol–water partition coefficient (Wildman–Crippen LogP) is 1.96. The Morgan fingerprint density at radius 1 is 1.25 bits per heavy atom. The number of carbonyl (C=O) groups is 2. The topological polar surface area (TPSA) is 89.6 Å². The Morgan fingerprint density at radius 2 is 1.75 bits per heavy atom. The van der Waals surface area contributed by atoms with Gasteiger partial charge < -0.3 is 15.6 Å². The third kappa shape index (κ3) is 3.29. The maximum atomic E-state index is 12.3. The van der Waals surface area contributed by atoms with Crippen LogP contribution in [0, 0.1) is 0 Å². The van der Waals surface area contributed by atoms with Crippen molar-refractivity contribution in [3.63, 3.8) is 0 Å². The molecule has 1 aromatic rings. The van der Waals surface area contributed by atoms with Gasteiger partial charge in [0.15, 0.2) is 0 Å². The van der Waals surface area contributed by atoms with Crippen molar-refractivity contribution in [2.24, 2.45) is 5.73 Å². The predicted molar refractivity (Wildman–Crippen MR) is 75.7 cm³/mol. The van der Waals surface area contributed by atoms with Gasteiger partial charge in [0.05, 0.1) is 0 Å². The van der Waals surface area contributed by atoms with E-state index in [2.05, 4.69) is 0 Å². The second-order valence-corrected chi connectivity index (χ2v) is 5.86. The number of carboxylic acids is 1. The van der Waals surface area contributed by atoms with Gasteiger partial charge in [0.2, 0.25) is 5.41 Å². The number of esters is 1. The van der Waals surface area contributed by atoms with E-state index in [9.17, 15) is 14.7 Å². The number of halogens is 1. The molecule has 0 spiro atoms. The maximum absolute atomic E-state index is 12.3. The van der Waals surface area contributed by atoms with Gasteiger partial charge in [-0.25, -0.2) is 0 Å². The quantitative estimate of drug-likeness (QED) is 0.655. The summed E-state index contributed by atoms with van der Waals surface area (Å²) >= 11 is 5.78. The van der Waals surface area contributed by atoms with Gasteiger partial charge in [-0.05, 0) is 38.5 Å². The van der Waals surface area contributed by atoms with Crippen LogP contribution >= 0.6 is 11.6 Å². The van der Waals surface area contributed by atoms with Crippen LogP contribution < -0.4 is 5.73 Å². The van der Waals surface area contributed by atoms with Gasteiger partial charge in [-0.3, -0.25) is 9.59 Å². The van der Waals surface area contributed by atoms with E-state index in [0.29, 0.717) is 5.02 Å². The minimum Gasteiger partial charge on any atom is -0.480 e. The molecule has 3 N–H and O–H groups in total. The van der Waals surface area contributed by atoms with Crippen LogP contribution in [0.3, 0.4) is 0 Å². The third-order valence-electron chi connectivity index (χ3n) is 2.76. The number of rotatable bonds is 4. The summed E-state index contributed by atoms with van der Waals surface area (Å²) in [7, 11) is 0. The minimum atomic E-state index is -1.93. The highest BCUT2D eigenvalue weighted by Gasteiger charge is 2.49. The minimum absolute atomic E-state index is 0.242. The molecule has 0 heterocycles. The number of hydrogen-bond donors (Lipinski definition) is 2. The third-order valence-corrected chi connectivity index (χ3v) is 3.01. The second kappa shape index (κ2) is 5.81. The van der Waals surface area contributed by atoms with Crippen molar-refractivity contribution in [1.29, 1.82) is 0 Å². The first-order chi connectivity index (χ1) is 9.13. The monoisotopic (exact) mass is 299 g/mol. The van der Waals surface area contributed by atoms with Crippen molar-refractivity contribution in [2.45, 2.75) is 31.8 Å². The zero-order valence-corrected chi connectivity index (χ0v) is 12.4. The lowest BCUT2D eigenvalue weighted by atomic mass is 9.80. The normalized spacial score (nSPS) is 14.4. The Kier molecular flexibility index (Phi) is 4.78. The molecule has 6 heteroatoms. The van der Waals surface area contributed by atoms with Crippen molar-refractivity contribution >= 4 is 23.5 Å². The first-order valence-corrected chi connectivity index (χ1v) is 6.44. The fourth-order valence-corrected chi connectivity index (χ4v) is 1.84. The molecule has 0 aliphatic heterocycles. The molecule has 0 aromatic heterocycles. The zero-order chi connectivity index (χ0) is 15.6. The molecule has 0 saturated heterocycles. The molecule has 1 rings (SSSR count). The number of nitrogens with two attached hydrogens (primary N) is 1. The number of benzene rings is 1. The van der Waals surface area contributed by atoms with E-state index in [-0.39, 0.29) is 5.56 Å². The Morgan fingerprint density at radius 3 is 2.10 bits per heavy atom. The molecule has 0 fully saturated rings. The first kappa shape index (κ1) is 16.5. The number of carbonyl (C=O) groups excluding carboxylic acids is 1. The van der Waals surface area contributed by atoms with Crippen LogP contribution in [0.1, 0.15) is 26.3 Å². The molecule has 1 atom stereocenters. The van der Waals surface area contributed by atoms with Crippen molar-refractivity contribution in [3.05, 3.63) is 34.9 Å². The lowest BCUT2D eigenvalue weighted by Gasteiger charge is -2.30. The summed E-state index contributed by atoms with van der Waals surface area (Å²) in [6.45, 7) is 4.58. The van der Waals surface area contributed by atoms with Crippen LogP contribution in [0.25, 0.3) is 0 Å². The molecule has 0 amide bonds. The first-order valence-electron chi connectivity index (χ1n) is 6.06. The average Bonchev–Trinajstić information content (AvgIpc) is 2.30. The molecule has 0 bridgehead atoms. The lowest BCUT2D eigenvalue weighted by Crippen LogP contribution is -2.52. The van der Waals surface area contributed by atoms with Gasteiger partial charge in [0.25, 0.3) is 0 Å². The van der Waals surface area contributed by atoms with E-state index < -0.39 is 29.5 Å². The lowest BCUT2D eigenvalue weighted by molar-refractivity contribution is -0.169. The van der Waals surface area contributed by atoms with E-state index in [1.807, 2.05) is 0 Å². The van der Waals surface area contributed by atoms with Crippen LogP contribution in [-0.2, 0) is 19.7 Å². The summed E-state index contributed by atoms with van der Waals surface area (Å²) in [4.78, 5) is 24.0. The highest BCUT2D eigenvalue weighted by molar-refractivity contribution is 6.30. The van der Waals surface area contributed by atoms with Crippen LogP contribution in [0.4, 0.5) is 0 Å².